The van der Waals surface area contributed by atoms with Gasteiger partial charge in [-0.1, -0.05) is 15.9 Å². The maximum atomic E-state index is 13.0. The number of benzene rings is 2. The van der Waals surface area contributed by atoms with Gasteiger partial charge in [-0.25, -0.2) is 8.42 Å². The largest absolute Gasteiger partial charge is 0.312 e. The maximum absolute atomic E-state index is 13.0. The first-order chi connectivity index (χ1) is 12.8. The van der Waals surface area contributed by atoms with Gasteiger partial charge in [0.1, 0.15) is 4.90 Å². The van der Waals surface area contributed by atoms with Crippen LogP contribution in [0.4, 0.5) is 11.4 Å². The molecule has 1 amide bonds. The summed E-state index contributed by atoms with van der Waals surface area (Å²) in [5.74, 6) is 0.208. The molecule has 27 heavy (non-hydrogen) atoms. The van der Waals surface area contributed by atoms with Crippen molar-refractivity contribution in [3.8, 4) is 0 Å². The number of halogens is 2. The zero-order valence-electron chi connectivity index (χ0n) is 14.6. The third-order valence-corrected chi connectivity index (χ3v) is 8.15. The molecule has 1 fully saturated rings. The van der Waals surface area contributed by atoms with Crippen molar-refractivity contribution in [3.05, 3.63) is 50.4 Å². The minimum atomic E-state index is -3.80. The number of fused-ring (bicyclic) bond motifs is 1. The molecular weight excluding hydrogens is 496 g/mol. The minimum absolute atomic E-state index is 0.100. The van der Waals surface area contributed by atoms with Crippen LogP contribution in [0, 0.1) is 12.8 Å². The number of aryl methyl sites for hydroxylation is 1. The predicted octanol–water partition coefficient (Wildman–Crippen LogP) is 4.62. The van der Waals surface area contributed by atoms with E-state index in [4.69, 9.17) is 0 Å². The summed E-state index contributed by atoms with van der Waals surface area (Å²) in [6, 6.07) is 8.71. The number of nitrogens with one attached hydrogen (secondary N) is 1. The maximum Gasteiger partial charge on any atom is 0.263 e. The van der Waals surface area contributed by atoms with Crippen LogP contribution in [0.1, 0.15) is 24.0 Å². The lowest BCUT2D eigenvalue weighted by molar-refractivity contribution is -0.119. The Morgan fingerprint density at radius 1 is 1.15 bits per heavy atom. The number of amides is 1. The third-order valence-electron chi connectivity index (χ3n) is 4.92. The highest BCUT2D eigenvalue weighted by Gasteiger charge is 2.37. The van der Waals surface area contributed by atoms with Crippen molar-refractivity contribution in [2.45, 2.75) is 31.1 Å². The predicted molar refractivity (Wildman–Crippen MR) is 113 cm³/mol. The van der Waals surface area contributed by atoms with Crippen molar-refractivity contribution >= 4 is 59.2 Å². The zero-order valence-corrected chi connectivity index (χ0v) is 18.6. The van der Waals surface area contributed by atoms with E-state index in [9.17, 15) is 13.2 Å². The van der Waals surface area contributed by atoms with E-state index in [1.54, 1.807) is 29.2 Å². The highest BCUT2D eigenvalue weighted by Crippen LogP contribution is 2.39. The van der Waals surface area contributed by atoms with E-state index in [-0.39, 0.29) is 16.7 Å². The van der Waals surface area contributed by atoms with E-state index < -0.39 is 10.0 Å². The molecule has 2 aromatic rings. The molecule has 4 rings (SSSR count). The lowest BCUT2D eigenvalue weighted by atomic mass is 10.2. The molecule has 8 heteroatoms. The van der Waals surface area contributed by atoms with Gasteiger partial charge in [0.15, 0.2) is 0 Å². The highest BCUT2D eigenvalue weighted by molar-refractivity contribution is 9.10. The van der Waals surface area contributed by atoms with E-state index in [0.29, 0.717) is 22.4 Å². The second kappa shape index (κ2) is 6.90. The summed E-state index contributed by atoms with van der Waals surface area (Å²) in [5, 5.41) is 0. The molecule has 0 radical (unpaired) electrons. The Balaban J connectivity index is 1.69. The molecule has 0 aromatic heterocycles. The second-order valence-corrected chi connectivity index (χ2v) is 10.4. The van der Waals surface area contributed by atoms with Crippen molar-refractivity contribution in [2.75, 3.05) is 16.2 Å². The Kier molecular flexibility index (Phi) is 4.84. The van der Waals surface area contributed by atoms with Crippen LogP contribution in [0.25, 0.3) is 0 Å². The van der Waals surface area contributed by atoms with Gasteiger partial charge in [-0.05, 0) is 83.6 Å². The smallest absolute Gasteiger partial charge is 0.263 e. The molecule has 1 aliphatic carbocycles. The molecular formula is C19H18Br2N2O3S. The SMILES string of the molecule is Cc1cc(NS(=O)(=O)c2cc3c(cc2Br)CCN3C(=O)C2CC2)ccc1Br. The normalized spacial score (nSPS) is 16.3. The average molecular weight is 514 g/mol. The Morgan fingerprint density at radius 3 is 2.56 bits per heavy atom. The number of carbonyl (C=O) groups excluding carboxylic acids is 1. The second-order valence-electron chi connectivity index (χ2n) is 6.99. The number of nitrogens with zero attached hydrogens (tertiary/aromatic N) is 1. The van der Waals surface area contributed by atoms with Gasteiger partial charge in [0.2, 0.25) is 5.91 Å². The first-order valence-electron chi connectivity index (χ1n) is 8.69. The van der Waals surface area contributed by atoms with Crippen LogP contribution in [-0.4, -0.2) is 20.9 Å². The fourth-order valence-electron chi connectivity index (χ4n) is 3.29. The number of sulfonamides is 1. The molecule has 2 aliphatic rings. The van der Waals surface area contributed by atoms with Crippen LogP contribution >= 0.6 is 31.9 Å². The van der Waals surface area contributed by atoms with Crippen molar-refractivity contribution < 1.29 is 13.2 Å². The number of hydrogen-bond acceptors (Lipinski definition) is 3. The van der Waals surface area contributed by atoms with E-state index in [1.165, 1.54) is 0 Å². The van der Waals surface area contributed by atoms with Gasteiger partial charge in [-0.3, -0.25) is 9.52 Å². The Labute approximate surface area is 175 Å². The summed E-state index contributed by atoms with van der Waals surface area (Å²) in [4.78, 5) is 14.4. The van der Waals surface area contributed by atoms with Crippen LogP contribution in [0.2, 0.25) is 0 Å². The quantitative estimate of drug-likeness (QED) is 0.648. The standard InChI is InChI=1S/C19H18Br2N2O3S/c1-11-8-14(4-5-15(11)20)22-27(25,26)18-10-17-13(9-16(18)21)6-7-23(17)19(24)12-2-3-12/h4-5,8-10,12,22H,2-3,6-7H2,1H3. The van der Waals surface area contributed by atoms with Crippen LogP contribution < -0.4 is 9.62 Å². The summed E-state index contributed by atoms with van der Waals surface area (Å²) < 4.78 is 30.0. The highest BCUT2D eigenvalue weighted by atomic mass is 79.9. The summed E-state index contributed by atoms with van der Waals surface area (Å²) in [5.41, 5.74) is 3.13. The van der Waals surface area contributed by atoms with Crippen LogP contribution in [0.3, 0.4) is 0 Å². The Morgan fingerprint density at radius 2 is 1.89 bits per heavy atom. The van der Waals surface area contributed by atoms with Gasteiger partial charge >= 0.3 is 0 Å². The molecule has 1 aliphatic heterocycles. The lowest BCUT2D eigenvalue weighted by Gasteiger charge is -2.19. The van der Waals surface area contributed by atoms with Gasteiger partial charge in [-0.2, -0.15) is 0 Å². The van der Waals surface area contributed by atoms with Crippen LogP contribution in [0.15, 0.2) is 44.2 Å². The number of rotatable bonds is 4. The van der Waals surface area contributed by atoms with Gasteiger partial charge < -0.3 is 4.90 Å². The van der Waals surface area contributed by atoms with E-state index >= 15 is 0 Å². The van der Waals surface area contributed by atoms with E-state index in [0.717, 1.165) is 34.9 Å². The molecule has 0 unspecified atom stereocenters. The van der Waals surface area contributed by atoms with Gasteiger partial charge in [0.05, 0.1) is 0 Å². The average Bonchev–Trinajstić information content (AvgIpc) is 3.37. The third kappa shape index (κ3) is 3.67. The Bertz CT molecular complexity index is 1050. The van der Waals surface area contributed by atoms with Crippen LogP contribution in [-0.2, 0) is 21.2 Å². The fourth-order valence-corrected chi connectivity index (χ4v) is 5.70. The summed E-state index contributed by atoms with van der Waals surface area (Å²) in [7, 11) is -3.80. The lowest BCUT2D eigenvalue weighted by Crippen LogP contribution is -2.30. The monoisotopic (exact) mass is 512 g/mol. The molecule has 142 valence electrons. The molecule has 0 bridgehead atoms. The molecule has 1 saturated carbocycles. The molecule has 0 atom stereocenters. The van der Waals surface area contributed by atoms with Crippen molar-refractivity contribution in [1.82, 2.24) is 0 Å². The number of anilines is 2. The summed E-state index contributed by atoms with van der Waals surface area (Å²) >= 11 is 6.81. The number of carbonyl (C=O) groups is 1. The van der Waals surface area contributed by atoms with Crippen molar-refractivity contribution in [3.63, 3.8) is 0 Å². The Hall–Kier alpha value is -1.38. The van der Waals surface area contributed by atoms with Crippen molar-refractivity contribution in [1.29, 1.82) is 0 Å². The van der Waals surface area contributed by atoms with E-state index in [2.05, 4.69) is 36.6 Å². The summed E-state index contributed by atoms with van der Waals surface area (Å²) in [6.07, 6.45) is 2.60. The van der Waals surface area contributed by atoms with Gasteiger partial charge in [0.25, 0.3) is 10.0 Å². The van der Waals surface area contributed by atoms with Crippen LogP contribution in [0.5, 0.6) is 0 Å². The molecule has 1 N–H and O–H groups in total. The molecule has 2 aromatic carbocycles. The van der Waals surface area contributed by atoms with E-state index in [1.807, 2.05) is 13.0 Å². The zero-order chi connectivity index (χ0) is 19.3. The summed E-state index contributed by atoms with van der Waals surface area (Å²) in [6.45, 7) is 2.51. The van der Waals surface area contributed by atoms with Gasteiger partial charge in [0, 0.05) is 32.8 Å². The molecule has 0 spiro atoms. The topological polar surface area (TPSA) is 66.5 Å². The molecule has 1 heterocycles. The molecule has 0 saturated heterocycles. The van der Waals surface area contributed by atoms with Crippen molar-refractivity contribution in [2.24, 2.45) is 5.92 Å². The number of hydrogen-bond donors (Lipinski definition) is 1. The first kappa shape index (κ1) is 19.0. The fraction of sp³-hybridized carbons (Fsp3) is 0.316. The first-order valence-corrected chi connectivity index (χ1v) is 11.8. The molecule has 5 nitrogen and oxygen atoms in total. The van der Waals surface area contributed by atoms with Gasteiger partial charge in [-0.15, -0.1) is 0 Å². The minimum Gasteiger partial charge on any atom is -0.312 e.